The molecule has 2 atom stereocenters. The van der Waals surface area contributed by atoms with Gasteiger partial charge in [0.2, 0.25) is 0 Å². The van der Waals surface area contributed by atoms with Crippen molar-refractivity contribution in [1.82, 2.24) is 0 Å². The van der Waals surface area contributed by atoms with Crippen molar-refractivity contribution < 1.29 is 37.3 Å². The third-order valence-electron chi connectivity index (χ3n) is 10.6. The van der Waals surface area contributed by atoms with Crippen LogP contribution in [0.2, 0.25) is 0 Å². The summed E-state index contributed by atoms with van der Waals surface area (Å²) in [5.41, 5.74) is 0. The van der Waals surface area contributed by atoms with E-state index in [2.05, 4.69) is 26.0 Å². The molecule has 2 unspecified atom stereocenters. The fourth-order valence-corrected chi connectivity index (χ4v) is 7.49. The maximum Gasteiger partial charge on any atom is 0.305 e. The molecule has 9 heteroatoms. The fraction of sp³-hybridized carbons (Fsp3) is 0.896. The molecule has 8 nitrogen and oxygen atoms in total. The molecule has 0 fully saturated rings. The third-order valence-corrected chi connectivity index (χ3v) is 11.6. The Balaban J connectivity index is 4.19. The molecule has 57 heavy (non-hydrogen) atoms. The minimum atomic E-state index is -4.51. The number of phosphoric ester groups is 1. The highest BCUT2D eigenvalue weighted by atomic mass is 31.2. The van der Waals surface area contributed by atoms with E-state index in [0.717, 1.165) is 32.1 Å². The average molecular weight is 828 g/mol. The number of unbranched alkanes of at least 4 members (excludes halogenated alkanes) is 29. The van der Waals surface area contributed by atoms with Gasteiger partial charge in [0.15, 0.2) is 6.10 Å². The van der Waals surface area contributed by atoms with Crippen LogP contribution in [0.5, 0.6) is 0 Å². The molecule has 0 heterocycles. The average Bonchev–Trinajstić information content (AvgIpc) is 3.17. The first-order valence-electron chi connectivity index (χ1n) is 24.1. The van der Waals surface area contributed by atoms with Gasteiger partial charge in [0.1, 0.15) is 19.8 Å². The lowest BCUT2D eigenvalue weighted by molar-refractivity contribution is -0.870. The molecular weight excluding hydrogens is 734 g/mol. The van der Waals surface area contributed by atoms with Gasteiger partial charge in [-0.25, -0.2) is 0 Å². The number of quaternary nitrogens is 1. The summed E-state index contributed by atoms with van der Waals surface area (Å²) < 4.78 is 34.4. The van der Waals surface area contributed by atoms with E-state index < -0.39 is 13.9 Å². The van der Waals surface area contributed by atoms with Gasteiger partial charge in [0, 0.05) is 6.42 Å². The van der Waals surface area contributed by atoms with Crippen LogP contribution in [0.15, 0.2) is 24.5 Å². The number of carbonyl (C=O) groups excluding carboxylic acids is 1. The van der Waals surface area contributed by atoms with Crippen LogP contribution in [-0.2, 0) is 27.9 Å². The van der Waals surface area contributed by atoms with Crippen LogP contribution in [0.25, 0.3) is 0 Å². The third kappa shape index (κ3) is 45.7. The summed E-state index contributed by atoms with van der Waals surface area (Å²) >= 11 is 0. The summed E-state index contributed by atoms with van der Waals surface area (Å²) in [5, 5.41) is 0. The monoisotopic (exact) mass is 828 g/mol. The number of likely N-dealkylation sites (N-methyl/N-ethyl adjacent to an activating group) is 1. The standard InChI is InChI=1S/C48H94NO7P/c1-6-8-10-12-14-16-18-20-22-24-25-26-27-29-31-33-35-37-39-41-48(50)54-45-47(46-56-57(51,52)55-44-42-49(3,4)5)53-43-40-38-36-34-32-30-28-23-21-19-17-15-13-11-9-7-2/h20,22,40,43,47H,6-19,21,23-39,41-42,44-46H2,1-5H3/b22-20-,43-40-. The molecule has 0 saturated carbocycles. The van der Waals surface area contributed by atoms with Gasteiger partial charge < -0.3 is 27.9 Å². The zero-order valence-corrected chi connectivity index (χ0v) is 39.2. The lowest BCUT2D eigenvalue weighted by Crippen LogP contribution is -2.37. The van der Waals surface area contributed by atoms with Crippen molar-refractivity contribution in [2.24, 2.45) is 0 Å². The molecule has 0 amide bonds. The Hall–Kier alpha value is -1.18. The van der Waals surface area contributed by atoms with Crippen molar-refractivity contribution >= 4 is 13.8 Å². The van der Waals surface area contributed by atoms with Crippen molar-refractivity contribution in [1.29, 1.82) is 0 Å². The largest absolute Gasteiger partial charge is 0.756 e. The number of rotatable bonds is 45. The smallest absolute Gasteiger partial charge is 0.305 e. The van der Waals surface area contributed by atoms with Gasteiger partial charge in [-0.1, -0.05) is 187 Å². The van der Waals surface area contributed by atoms with Crippen LogP contribution >= 0.6 is 7.82 Å². The van der Waals surface area contributed by atoms with Crippen LogP contribution in [0.3, 0.4) is 0 Å². The van der Waals surface area contributed by atoms with E-state index in [1.54, 1.807) is 6.26 Å². The number of phosphoric acid groups is 1. The first kappa shape index (κ1) is 55.8. The van der Waals surface area contributed by atoms with E-state index in [9.17, 15) is 14.3 Å². The Kier molecular flexibility index (Phi) is 40.7. The molecule has 0 aliphatic rings. The van der Waals surface area contributed by atoms with E-state index in [0.29, 0.717) is 17.4 Å². The van der Waals surface area contributed by atoms with Gasteiger partial charge in [-0.15, -0.1) is 0 Å². The zero-order chi connectivity index (χ0) is 42.0. The minimum Gasteiger partial charge on any atom is -0.756 e. The number of allylic oxidation sites excluding steroid dienone is 3. The molecule has 0 bridgehead atoms. The second-order valence-electron chi connectivity index (χ2n) is 17.5. The van der Waals surface area contributed by atoms with E-state index in [1.165, 1.54) is 173 Å². The lowest BCUT2D eigenvalue weighted by atomic mass is 10.0. The van der Waals surface area contributed by atoms with Gasteiger partial charge in [-0.3, -0.25) is 9.36 Å². The summed E-state index contributed by atoms with van der Waals surface area (Å²) in [6.07, 6.45) is 48.6. The Morgan fingerprint density at radius 3 is 1.35 bits per heavy atom. The van der Waals surface area contributed by atoms with Crippen LogP contribution in [0, 0.1) is 0 Å². The normalized spacial score (nSPS) is 13.8. The van der Waals surface area contributed by atoms with Gasteiger partial charge in [0.25, 0.3) is 7.82 Å². The second-order valence-corrected chi connectivity index (χ2v) is 18.9. The Bertz CT molecular complexity index is 967. The molecule has 0 N–H and O–H groups in total. The Labute approximate surface area is 353 Å². The first-order chi connectivity index (χ1) is 27.6. The van der Waals surface area contributed by atoms with Crippen LogP contribution in [-0.4, -0.2) is 64.1 Å². The summed E-state index contributed by atoms with van der Waals surface area (Å²) in [5.74, 6) is -0.291. The summed E-state index contributed by atoms with van der Waals surface area (Å²) in [7, 11) is 1.37. The minimum absolute atomic E-state index is 0.0289. The summed E-state index contributed by atoms with van der Waals surface area (Å²) in [6, 6.07) is 0. The maximum atomic E-state index is 12.5. The predicted molar refractivity (Wildman–Crippen MR) is 240 cm³/mol. The highest BCUT2D eigenvalue weighted by molar-refractivity contribution is 7.45. The number of hydrogen-bond acceptors (Lipinski definition) is 7. The number of esters is 1. The molecular formula is C48H94NO7P. The topological polar surface area (TPSA) is 94.1 Å². The molecule has 0 aliphatic carbocycles. The van der Waals surface area contributed by atoms with Gasteiger partial charge in [0.05, 0.1) is 34.0 Å². The summed E-state index contributed by atoms with van der Waals surface area (Å²) in [4.78, 5) is 24.9. The lowest BCUT2D eigenvalue weighted by Gasteiger charge is -2.28. The molecule has 0 aliphatic heterocycles. The molecule has 0 spiro atoms. The van der Waals surface area contributed by atoms with Crippen molar-refractivity contribution in [3.8, 4) is 0 Å². The maximum absolute atomic E-state index is 12.5. The fourth-order valence-electron chi connectivity index (χ4n) is 6.76. The highest BCUT2D eigenvalue weighted by Gasteiger charge is 2.19. The number of ether oxygens (including phenoxy) is 2. The van der Waals surface area contributed by atoms with Crippen LogP contribution in [0.4, 0.5) is 0 Å². The van der Waals surface area contributed by atoms with E-state index in [1.807, 2.05) is 27.2 Å². The van der Waals surface area contributed by atoms with Gasteiger partial charge in [-0.2, -0.15) is 0 Å². The highest BCUT2D eigenvalue weighted by Crippen LogP contribution is 2.38. The van der Waals surface area contributed by atoms with Gasteiger partial charge in [-0.05, 0) is 51.0 Å². The van der Waals surface area contributed by atoms with Crippen LogP contribution in [0.1, 0.15) is 226 Å². The van der Waals surface area contributed by atoms with E-state index >= 15 is 0 Å². The molecule has 0 aromatic carbocycles. The predicted octanol–water partition coefficient (Wildman–Crippen LogP) is 14.1. The number of carbonyl (C=O) groups is 1. The molecule has 0 rings (SSSR count). The quantitative estimate of drug-likeness (QED) is 0.0151. The number of hydrogen-bond donors (Lipinski definition) is 0. The molecule has 0 radical (unpaired) electrons. The van der Waals surface area contributed by atoms with Crippen molar-refractivity contribution in [2.45, 2.75) is 232 Å². The van der Waals surface area contributed by atoms with E-state index in [4.69, 9.17) is 18.5 Å². The van der Waals surface area contributed by atoms with E-state index in [-0.39, 0.29) is 25.8 Å². The zero-order valence-electron chi connectivity index (χ0n) is 38.3. The molecule has 338 valence electrons. The Morgan fingerprint density at radius 2 is 0.930 bits per heavy atom. The first-order valence-corrected chi connectivity index (χ1v) is 25.6. The van der Waals surface area contributed by atoms with Crippen molar-refractivity contribution in [3.63, 3.8) is 0 Å². The van der Waals surface area contributed by atoms with Crippen molar-refractivity contribution in [2.75, 3.05) is 47.5 Å². The van der Waals surface area contributed by atoms with Crippen LogP contribution < -0.4 is 4.89 Å². The summed E-state index contributed by atoms with van der Waals surface area (Å²) in [6.45, 7) is 4.74. The molecule has 0 aromatic rings. The Morgan fingerprint density at radius 1 is 0.544 bits per heavy atom. The van der Waals surface area contributed by atoms with Crippen molar-refractivity contribution in [3.05, 3.63) is 24.5 Å². The second kappa shape index (κ2) is 41.5. The molecule has 0 aromatic heterocycles. The van der Waals surface area contributed by atoms with Gasteiger partial charge >= 0.3 is 5.97 Å². The number of nitrogens with zero attached hydrogens (tertiary/aromatic N) is 1. The SMILES string of the molecule is CCCCCCCC/C=C\CCCCCCCCCCCC(=O)OCC(COP(=O)([O-])OCC[N+](C)(C)C)O/C=C\CCCCCCCCCCCCCCCC. The molecule has 0 saturated heterocycles.